The number of aromatic nitrogens is 2. The first-order valence-electron chi connectivity index (χ1n) is 18.8. The maximum Gasteiger partial charge on any atom is 0.254 e. The first-order valence-corrected chi connectivity index (χ1v) is 18.8. The lowest BCUT2D eigenvalue weighted by Crippen LogP contribution is -2.51. The second kappa shape index (κ2) is 16.3. The molecule has 1 saturated carbocycles. The van der Waals surface area contributed by atoms with Crippen molar-refractivity contribution in [2.75, 3.05) is 25.0 Å². The molecule has 1 aliphatic carbocycles. The number of anilines is 1. The van der Waals surface area contributed by atoms with Crippen molar-refractivity contribution in [1.29, 1.82) is 0 Å². The van der Waals surface area contributed by atoms with Gasteiger partial charge in [0.15, 0.2) is 17.9 Å². The summed E-state index contributed by atoms with van der Waals surface area (Å²) in [6.45, 7) is 9.80. The van der Waals surface area contributed by atoms with Crippen molar-refractivity contribution in [3.8, 4) is 11.5 Å². The highest BCUT2D eigenvalue weighted by molar-refractivity contribution is 6.02. The Kier molecular flexibility index (Phi) is 11.6. The van der Waals surface area contributed by atoms with Gasteiger partial charge in [0, 0.05) is 62.4 Å². The fourth-order valence-corrected chi connectivity index (χ4v) is 7.65. The Labute approximate surface area is 317 Å². The van der Waals surface area contributed by atoms with Crippen LogP contribution >= 0.6 is 0 Å². The molecule has 3 aromatic carbocycles. The van der Waals surface area contributed by atoms with Crippen LogP contribution in [0.4, 0.5) is 5.69 Å². The summed E-state index contributed by atoms with van der Waals surface area (Å²) in [6.07, 6.45) is 8.53. The molecule has 1 spiro atoms. The number of rotatable bonds is 15. The van der Waals surface area contributed by atoms with Gasteiger partial charge in [0.05, 0.1) is 17.4 Å². The fraction of sp³-hybridized carbons (Fsp3) is 0.409. The van der Waals surface area contributed by atoms with E-state index in [1.165, 1.54) is 12.5 Å². The Morgan fingerprint density at radius 3 is 2.22 bits per heavy atom. The van der Waals surface area contributed by atoms with E-state index in [-0.39, 0.29) is 47.1 Å². The Morgan fingerprint density at radius 1 is 0.963 bits per heavy atom. The molecule has 2 aliphatic rings. The molecular formula is C44H50N4O6. The number of carbonyl (C=O) groups is 4. The number of nitrogens with zero attached hydrogens (tertiary/aromatic N) is 4. The molecule has 6 rings (SSSR count). The van der Waals surface area contributed by atoms with Gasteiger partial charge in [-0.1, -0.05) is 38.1 Å². The first-order chi connectivity index (χ1) is 25.9. The minimum Gasteiger partial charge on any atom is -0.490 e. The van der Waals surface area contributed by atoms with Crippen LogP contribution in [0.5, 0.6) is 11.5 Å². The third kappa shape index (κ3) is 8.54. The second-order valence-electron chi connectivity index (χ2n) is 15.4. The molecular weight excluding hydrogens is 681 g/mol. The van der Waals surface area contributed by atoms with Gasteiger partial charge in [0.1, 0.15) is 24.4 Å². The molecule has 1 aliphatic heterocycles. The number of piperidine rings is 1. The van der Waals surface area contributed by atoms with Crippen molar-refractivity contribution < 1.29 is 28.7 Å². The van der Waals surface area contributed by atoms with Crippen LogP contribution < -0.4 is 14.4 Å². The lowest BCUT2D eigenvalue weighted by Gasteiger charge is -2.52. The average Bonchev–Trinajstić information content (AvgIpc) is 3.18. The van der Waals surface area contributed by atoms with Gasteiger partial charge in [0.2, 0.25) is 0 Å². The van der Waals surface area contributed by atoms with Gasteiger partial charge >= 0.3 is 0 Å². The summed E-state index contributed by atoms with van der Waals surface area (Å²) in [4.78, 5) is 59.7. The third-order valence-corrected chi connectivity index (χ3v) is 11.5. The molecule has 1 saturated heterocycles. The highest BCUT2D eigenvalue weighted by Gasteiger charge is 2.47. The van der Waals surface area contributed by atoms with Crippen LogP contribution in [-0.2, 0) is 16.8 Å². The van der Waals surface area contributed by atoms with Gasteiger partial charge in [-0.15, -0.1) is 0 Å². The Morgan fingerprint density at radius 2 is 1.61 bits per heavy atom. The molecule has 2 fully saturated rings. The summed E-state index contributed by atoms with van der Waals surface area (Å²) in [5, 5.41) is 0. The molecule has 0 bridgehead atoms. The van der Waals surface area contributed by atoms with Crippen LogP contribution in [-0.4, -0.2) is 71.4 Å². The predicted molar refractivity (Wildman–Crippen MR) is 208 cm³/mol. The van der Waals surface area contributed by atoms with Gasteiger partial charge in [0.25, 0.3) is 5.91 Å². The van der Waals surface area contributed by atoms with Gasteiger partial charge in [-0.2, -0.15) is 0 Å². The molecule has 1 aromatic heterocycles. The van der Waals surface area contributed by atoms with Crippen molar-refractivity contribution in [1.82, 2.24) is 14.9 Å². The van der Waals surface area contributed by atoms with E-state index in [4.69, 9.17) is 9.47 Å². The van der Waals surface area contributed by atoms with Gasteiger partial charge in [-0.05, 0) is 104 Å². The van der Waals surface area contributed by atoms with Crippen LogP contribution in [0, 0.1) is 5.41 Å². The van der Waals surface area contributed by atoms with Gasteiger partial charge in [-0.3, -0.25) is 14.4 Å². The molecule has 1 unspecified atom stereocenters. The maximum atomic E-state index is 13.2. The van der Waals surface area contributed by atoms with Gasteiger partial charge < -0.3 is 24.1 Å². The number of amides is 1. The summed E-state index contributed by atoms with van der Waals surface area (Å²) >= 11 is 0. The molecule has 54 heavy (non-hydrogen) atoms. The van der Waals surface area contributed by atoms with Crippen molar-refractivity contribution in [2.45, 2.75) is 90.4 Å². The molecule has 10 nitrogen and oxygen atoms in total. The molecule has 1 atom stereocenters. The Bertz CT molecular complexity index is 1960. The minimum atomic E-state index is -0.233. The highest BCUT2D eigenvalue weighted by atomic mass is 16.5. The maximum absolute atomic E-state index is 13.2. The lowest BCUT2D eigenvalue weighted by molar-refractivity contribution is -0.108. The van der Waals surface area contributed by atoms with Crippen LogP contribution in [0.2, 0.25) is 0 Å². The Hall–Kier alpha value is -5.38. The monoisotopic (exact) mass is 730 g/mol. The quantitative estimate of drug-likeness (QED) is 0.0897. The third-order valence-electron chi connectivity index (χ3n) is 11.5. The molecule has 4 aromatic rings. The second-order valence-corrected chi connectivity index (χ2v) is 15.4. The molecule has 282 valence electrons. The van der Waals surface area contributed by atoms with Crippen molar-refractivity contribution in [3.63, 3.8) is 0 Å². The summed E-state index contributed by atoms with van der Waals surface area (Å²) in [6, 6.07) is 23.7. The minimum absolute atomic E-state index is 0.104. The molecule has 0 radical (unpaired) electrons. The summed E-state index contributed by atoms with van der Waals surface area (Å²) in [5.41, 5.74) is 4.78. The van der Waals surface area contributed by atoms with Crippen molar-refractivity contribution in [3.05, 3.63) is 113 Å². The number of Topliss-reactive ketones (excluding diaryl/α,β-unsaturated/α-hetero) is 1. The molecule has 10 heteroatoms. The number of hydrogen-bond donors (Lipinski definition) is 0. The zero-order valence-electron chi connectivity index (χ0n) is 31.9. The molecule has 2 heterocycles. The van der Waals surface area contributed by atoms with Gasteiger partial charge in [-0.25, -0.2) is 9.97 Å². The van der Waals surface area contributed by atoms with Crippen molar-refractivity contribution >= 4 is 30.0 Å². The number of benzene rings is 3. The molecule has 0 N–H and O–H groups in total. The molecule has 1 amide bonds. The number of ether oxygens (including phenoxy) is 2. The zero-order valence-corrected chi connectivity index (χ0v) is 31.9. The standard InChI is InChI=1S/C44H50N4O6/c1-30(7-6-24-49)47(5)42(52)40-17-12-36(25-32(40)28-50)48-22-19-44(20-23-48)26-39(27-44)54-38-15-10-34(11-16-38)43(3,4)33-8-13-37(14-9-33)53-29-35-18-21-45-41(46-35)31(2)51/h8-18,21,24-25,28,30,39H,6-7,19-20,22-23,26-27,29H2,1-5H3. The SMILES string of the molecule is CC(=O)c1nccc(COc2ccc(C(C)(C)c3ccc(OC4CC5(CCN(c6ccc(C(=O)N(C)C(C)CCC=O)c(C=O)c6)CC5)C4)cc3)cc2)n1. The smallest absolute Gasteiger partial charge is 0.254 e. The fourth-order valence-electron chi connectivity index (χ4n) is 7.65. The van der Waals surface area contributed by atoms with Crippen LogP contribution in [0.15, 0.2) is 79.0 Å². The van der Waals surface area contributed by atoms with E-state index < -0.39 is 0 Å². The Balaban J connectivity index is 0.979. The summed E-state index contributed by atoms with van der Waals surface area (Å²) < 4.78 is 12.4. The zero-order chi connectivity index (χ0) is 38.5. The van der Waals surface area contributed by atoms with E-state index in [2.05, 4.69) is 65.1 Å². The first kappa shape index (κ1) is 38.3. The van der Waals surface area contributed by atoms with E-state index in [1.54, 1.807) is 30.3 Å². The number of hydrogen-bond acceptors (Lipinski definition) is 9. The normalized spacial score (nSPS) is 15.9. The van der Waals surface area contributed by atoms with Crippen LogP contribution in [0.3, 0.4) is 0 Å². The summed E-state index contributed by atoms with van der Waals surface area (Å²) in [5.74, 6) is 1.41. The highest BCUT2D eigenvalue weighted by Crippen LogP contribution is 2.51. The van der Waals surface area contributed by atoms with Crippen molar-refractivity contribution in [2.24, 2.45) is 5.41 Å². The van der Waals surface area contributed by atoms with E-state index >= 15 is 0 Å². The number of aldehydes is 2. The average molecular weight is 731 g/mol. The van der Waals surface area contributed by atoms with E-state index in [0.29, 0.717) is 29.7 Å². The topological polar surface area (TPSA) is 119 Å². The largest absolute Gasteiger partial charge is 0.490 e. The van der Waals surface area contributed by atoms with E-state index in [9.17, 15) is 19.2 Å². The predicted octanol–water partition coefficient (Wildman–Crippen LogP) is 7.66. The number of ketones is 1. The number of carbonyl (C=O) groups excluding carboxylic acids is 4. The van der Waals surface area contributed by atoms with Crippen LogP contribution in [0.25, 0.3) is 0 Å². The van der Waals surface area contributed by atoms with E-state index in [1.807, 2.05) is 31.2 Å². The summed E-state index contributed by atoms with van der Waals surface area (Å²) in [7, 11) is 1.72. The van der Waals surface area contributed by atoms with Crippen LogP contribution in [0.1, 0.15) is 114 Å². The lowest BCUT2D eigenvalue weighted by atomic mass is 9.61. The van der Waals surface area contributed by atoms with E-state index in [0.717, 1.165) is 74.1 Å².